The minimum Gasteiger partial charge on any atom is -0.379 e. The first-order valence-electron chi connectivity index (χ1n) is 9.10. The van der Waals surface area contributed by atoms with E-state index in [1.165, 1.54) is 0 Å². The molecular formula is C15H28F3N5O3S. The Morgan fingerprint density at radius 3 is 2.41 bits per heavy atom. The van der Waals surface area contributed by atoms with E-state index in [9.17, 15) is 21.6 Å². The van der Waals surface area contributed by atoms with Gasteiger partial charge in [-0.2, -0.15) is 17.5 Å². The monoisotopic (exact) mass is 415 g/mol. The highest BCUT2D eigenvalue weighted by atomic mass is 32.2. The minimum absolute atomic E-state index is 0.0263. The van der Waals surface area contributed by atoms with E-state index in [0.717, 1.165) is 39.3 Å². The smallest absolute Gasteiger partial charge is 0.379 e. The summed E-state index contributed by atoms with van der Waals surface area (Å²) in [4.78, 5) is 6.55. The van der Waals surface area contributed by atoms with Crippen molar-refractivity contribution >= 4 is 16.0 Å². The molecule has 0 aromatic carbocycles. The number of halogens is 3. The molecule has 0 amide bonds. The number of ether oxygens (including phenoxy) is 1. The largest absolute Gasteiger partial charge is 0.511 e. The third-order valence-electron chi connectivity index (χ3n) is 4.79. The lowest BCUT2D eigenvalue weighted by Gasteiger charge is -2.30. The van der Waals surface area contributed by atoms with E-state index in [0.29, 0.717) is 36.2 Å². The van der Waals surface area contributed by atoms with Gasteiger partial charge in [0.25, 0.3) is 0 Å². The Hall–Kier alpha value is -1.11. The number of nitrogens with zero attached hydrogens (tertiary/aromatic N) is 3. The standard InChI is InChI=1S/C15H28F3N5O3S/c16-15(17,18)27(24,25)23-6-2-13(3-7-23)12-21-14(19)20-4-1-5-22-8-10-26-11-9-22/h13H,1-12H2,(H3,19,20,21). The van der Waals surface area contributed by atoms with Crippen LogP contribution < -0.4 is 11.1 Å². The van der Waals surface area contributed by atoms with Crippen LogP contribution in [0.3, 0.4) is 0 Å². The molecule has 158 valence electrons. The van der Waals surface area contributed by atoms with E-state index in [-0.39, 0.29) is 19.0 Å². The Kier molecular flexibility index (Phi) is 8.13. The summed E-state index contributed by atoms with van der Waals surface area (Å²) < 4.78 is 66.2. The lowest BCUT2D eigenvalue weighted by molar-refractivity contribution is -0.0496. The molecule has 0 radical (unpaired) electrons. The van der Waals surface area contributed by atoms with Gasteiger partial charge in [0.05, 0.1) is 13.2 Å². The van der Waals surface area contributed by atoms with Gasteiger partial charge in [-0.25, -0.2) is 8.42 Å². The van der Waals surface area contributed by atoms with Crippen molar-refractivity contribution in [2.75, 3.05) is 59.0 Å². The van der Waals surface area contributed by atoms with Crippen LogP contribution in [-0.2, 0) is 14.8 Å². The van der Waals surface area contributed by atoms with E-state index in [2.05, 4.69) is 15.2 Å². The van der Waals surface area contributed by atoms with Gasteiger partial charge in [-0.1, -0.05) is 0 Å². The zero-order valence-electron chi connectivity index (χ0n) is 15.2. The maximum atomic E-state index is 12.5. The number of rotatable bonds is 7. The topological polar surface area (TPSA) is 100 Å². The number of alkyl halides is 3. The fraction of sp³-hybridized carbons (Fsp3) is 0.933. The van der Waals surface area contributed by atoms with Crippen molar-refractivity contribution in [2.24, 2.45) is 16.6 Å². The van der Waals surface area contributed by atoms with Gasteiger partial charge in [0.1, 0.15) is 0 Å². The van der Waals surface area contributed by atoms with E-state index < -0.39 is 15.5 Å². The molecular weight excluding hydrogens is 387 g/mol. The van der Waals surface area contributed by atoms with Crippen molar-refractivity contribution in [3.05, 3.63) is 0 Å². The number of nitrogens with two attached hydrogens (primary N) is 1. The summed E-state index contributed by atoms with van der Waals surface area (Å²) in [6.45, 7) is 5.13. The third kappa shape index (κ3) is 6.77. The van der Waals surface area contributed by atoms with Crippen LogP contribution >= 0.6 is 0 Å². The van der Waals surface area contributed by atoms with Gasteiger partial charge >= 0.3 is 15.5 Å². The first-order chi connectivity index (χ1) is 12.7. The van der Waals surface area contributed by atoms with Crippen LogP contribution in [-0.4, -0.2) is 88.1 Å². The second-order valence-corrected chi connectivity index (χ2v) is 8.68. The molecule has 3 N–H and O–H groups in total. The molecule has 0 aliphatic carbocycles. The number of hydrogen-bond acceptors (Lipinski definition) is 5. The maximum absolute atomic E-state index is 12.5. The van der Waals surface area contributed by atoms with E-state index in [1.807, 2.05) is 0 Å². The quantitative estimate of drug-likeness (QED) is 0.349. The highest BCUT2D eigenvalue weighted by molar-refractivity contribution is 7.90. The minimum atomic E-state index is -5.24. The summed E-state index contributed by atoms with van der Waals surface area (Å²) >= 11 is 0. The number of hydrogen-bond donors (Lipinski definition) is 2. The molecule has 0 saturated carbocycles. The average molecular weight is 415 g/mol. The van der Waals surface area contributed by atoms with Crippen molar-refractivity contribution in [3.8, 4) is 0 Å². The Bertz CT molecular complexity index is 586. The summed E-state index contributed by atoms with van der Waals surface area (Å²) in [5.41, 5.74) is 0.571. The lowest BCUT2D eigenvalue weighted by Crippen LogP contribution is -2.45. The van der Waals surface area contributed by atoms with Gasteiger partial charge in [0.15, 0.2) is 5.96 Å². The van der Waals surface area contributed by atoms with Gasteiger partial charge in [0.2, 0.25) is 0 Å². The molecule has 2 heterocycles. The molecule has 0 spiro atoms. The Labute approximate surface area is 158 Å². The Balaban J connectivity index is 1.63. The third-order valence-corrected chi connectivity index (χ3v) is 6.42. The zero-order chi connectivity index (χ0) is 19.9. The molecule has 8 nitrogen and oxygen atoms in total. The van der Waals surface area contributed by atoms with Crippen molar-refractivity contribution in [3.63, 3.8) is 0 Å². The lowest BCUT2D eigenvalue weighted by atomic mass is 9.98. The predicted molar refractivity (Wildman–Crippen MR) is 95.6 cm³/mol. The molecule has 0 atom stereocenters. The van der Waals surface area contributed by atoms with E-state index >= 15 is 0 Å². The van der Waals surface area contributed by atoms with Crippen LogP contribution in [0.1, 0.15) is 19.3 Å². The molecule has 0 aromatic rings. The fourth-order valence-electron chi connectivity index (χ4n) is 3.11. The molecule has 2 aliphatic heterocycles. The first kappa shape index (κ1) is 22.2. The Morgan fingerprint density at radius 2 is 1.81 bits per heavy atom. The normalized spacial score (nSPS) is 22.1. The van der Waals surface area contributed by atoms with Gasteiger partial charge in [-0.05, 0) is 31.7 Å². The average Bonchev–Trinajstić information content (AvgIpc) is 2.64. The molecule has 2 rings (SSSR count). The Morgan fingerprint density at radius 1 is 1.19 bits per heavy atom. The molecule has 0 bridgehead atoms. The second kappa shape index (κ2) is 9.89. The number of sulfonamides is 1. The molecule has 2 fully saturated rings. The van der Waals surface area contributed by atoms with Crippen molar-refractivity contribution in [1.29, 1.82) is 0 Å². The highest BCUT2D eigenvalue weighted by Gasteiger charge is 2.50. The van der Waals surface area contributed by atoms with Crippen molar-refractivity contribution in [1.82, 2.24) is 14.5 Å². The van der Waals surface area contributed by atoms with Gasteiger partial charge in [-0.3, -0.25) is 9.89 Å². The van der Waals surface area contributed by atoms with Crippen LogP contribution in [0.15, 0.2) is 4.99 Å². The van der Waals surface area contributed by atoms with Crippen LogP contribution in [0.2, 0.25) is 0 Å². The summed E-state index contributed by atoms with van der Waals surface area (Å²) in [6.07, 6.45) is 1.59. The first-order valence-corrected chi connectivity index (χ1v) is 10.5. The zero-order valence-corrected chi connectivity index (χ0v) is 16.1. The highest BCUT2D eigenvalue weighted by Crippen LogP contribution is 2.30. The molecule has 27 heavy (non-hydrogen) atoms. The second-order valence-electron chi connectivity index (χ2n) is 6.75. The number of aliphatic imine (C=N–C) groups is 1. The number of piperidine rings is 1. The van der Waals surface area contributed by atoms with Crippen LogP contribution in [0.5, 0.6) is 0 Å². The molecule has 0 unspecified atom stereocenters. The van der Waals surface area contributed by atoms with Crippen molar-refractivity contribution in [2.45, 2.75) is 24.8 Å². The molecule has 2 saturated heterocycles. The van der Waals surface area contributed by atoms with Crippen molar-refractivity contribution < 1.29 is 26.3 Å². The summed E-state index contributed by atoms with van der Waals surface area (Å²) in [5, 5.41) is 3.03. The summed E-state index contributed by atoms with van der Waals surface area (Å²) in [5.74, 6) is 0.334. The number of guanidine groups is 1. The summed E-state index contributed by atoms with van der Waals surface area (Å²) in [6, 6.07) is 0. The van der Waals surface area contributed by atoms with Gasteiger partial charge in [0, 0.05) is 39.3 Å². The van der Waals surface area contributed by atoms with E-state index in [4.69, 9.17) is 10.5 Å². The van der Waals surface area contributed by atoms with Crippen LogP contribution in [0.25, 0.3) is 0 Å². The molecule has 12 heteroatoms. The van der Waals surface area contributed by atoms with Crippen LogP contribution in [0.4, 0.5) is 13.2 Å². The SMILES string of the molecule is NC(=NCC1CCN(S(=O)(=O)C(F)(F)F)CC1)NCCCN1CCOCC1. The molecule has 0 aromatic heterocycles. The summed E-state index contributed by atoms with van der Waals surface area (Å²) in [7, 11) is -5.23. The maximum Gasteiger partial charge on any atom is 0.511 e. The van der Waals surface area contributed by atoms with Gasteiger partial charge in [-0.15, -0.1) is 0 Å². The predicted octanol–water partition coefficient (Wildman–Crippen LogP) is 0.175. The molecule has 2 aliphatic rings. The van der Waals surface area contributed by atoms with E-state index in [1.54, 1.807) is 0 Å². The number of nitrogens with one attached hydrogen (secondary N) is 1. The van der Waals surface area contributed by atoms with Crippen LogP contribution in [0, 0.1) is 5.92 Å². The van der Waals surface area contributed by atoms with Gasteiger partial charge < -0.3 is 15.8 Å². The fourth-order valence-corrected chi connectivity index (χ4v) is 4.09. The number of morpholine rings is 1.